The number of aryl methyl sites for hydroxylation is 2. The normalized spacial score (nSPS) is 15.1. The molecule has 1 fully saturated rings. The van der Waals surface area contributed by atoms with Crippen LogP contribution in [0.25, 0.3) is 0 Å². The fourth-order valence-electron chi connectivity index (χ4n) is 3.21. The minimum Gasteiger partial charge on any atom is -0.354 e. The fraction of sp³-hybridized carbons (Fsp3) is 0.500. The average Bonchev–Trinajstić information content (AvgIpc) is 3.24. The third-order valence-electron chi connectivity index (χ3n) is 4.63. The molecule has 26 heavy (non-hydrogen) atoms. The van der Waals surface area contributed by atoms with Crippen molar-refractivity contribution in [3.8, 4) is 0 Å². The maximum Gasteiger partial charge on any atom is 0.322 e. The maximum absolute atomic E-state index is 12.4. The number of piperidine rings is 1. The number of carbonyl (C=O) groups excluding carboxylic acids is 2. The van der Waals surface area contributed by atoms with Crippen molar-refractivity contribution in [1.82, 2.24) is 20.0 Å². The Kier molecular flexibility index (Phi) is 5.92. The van der Waals surface area contributed by atoms with Crippen LogP contribution in [-0.2, 0) is 11.3 Å². The second kappa shape index (κ2) is 8.35. The molecule has 2 aromatic heterocycles. The Morgan fingerprint density at radius 2 is 2.08 bits per heavy atom. The number of urea groups is 1. The Morgan fingerprint density at radius 1 is 1.31 bits per heavy atom. The third-order valence-corrected chi connectivity index (χ3v) is 5.42. The summed E-state index contributed by atoms with van der Waals surface area (Å²) in [6, 6.07) is 5.73. The number of aromatic nitrogens is 2. The largest absolute Gasteiger partial charge is 0.354 e. The second-order valence-corrected chi connectivity index (χ2v) is 7.56. The molecule has 0 bridgehead atoms. The van der Waals surface area contributed by atoms with Crippen molar-refractivity contribution in [1.29, 1.82) is 0 Å². The van der Waals surface area contributed by atoms with Crippen molar-refractivity contribution < 1.29 is 9.59 Å². The average molecular weight is 375 g/mol. The molecule has 2 N–H and O–H groups in total. The molecule has 1 aliphatic heterocycles. The number of rotatable bonds is 5. The Hall–Kier alpha value is -2.35. The van der Waals surface area contributed by atoms with Crippen LogP contribution < -0.4 is 10.6 Å². The van der Waals surface area contributed by atoms with Crippen LogP contribution in [-0.4, -0.2) is 46.3 Å². The van der Waals surface area contributed by atoms with Gasteiger partial charge in [0, 0.05) is 31.2 Å². The lowest BCUT2D eigenvalue weighted by molar-refractivity contribution is -0.126. The molecule has 7 nitrogen and oxygen atoms in total. The molecule has 140 valence electrons. The molecule has 2 aromatic rings. The third kappa shape index (κ3) is 4.63. The number of nitrogens with zero attached hydrogens (tertiary/aromatic N) is 3. The lowest BCUT2D eigenvalue weighted by atomic mass is 9.96. The summed E-state index contributed by atoms with van der Waals surface area (Å²) in [5, 5.41) is 13.1. The summed E-state index contributed by atoms with van der Waals surface area (Å²) in [7, 11) is 0. The summed E-state index contributed by atoms with van der Waals surface area (Å²) in [6.07, 6.45) is 1.40. The lowest BCUT2D eigenvalue weighted by Gasteiger charge is -2.31. The van der Waals surface area contributed by atoms with Crippen LogP contribution >= 0.6 is 11.3 Å². The minimum absolute atomic E-state index is 0.0266. The number of amides is 3. The second-order valence-electron chi connectivity index (χ2n) is 6.61. The summed E-state index contributed by atoms with van der Waals surface area (Å²) in [5.41, 5.74) is 2.09. The molecule has 0 atom stereocenters. The van der Waals surface area contributed by atoms with E-state index in [0.29, 0.717) is 39.0 Å². The lowest BCUT2D eigenvalue weighted by Crippen LogP contribution is -2.44. The number of nitrogens with one attached hydrogen (secondary N) is 2. The number of thiophene rings is 1. The van der Waals surface area contributed by atoms with Gasteiger partial charge in [0.05, 0.1) is 17.2 Å². The highest BCUT2D eigenvalue weighted by molar-refractivity contribution is 7.14. The number of carbonyl (C=O) groups is 2. The molecule has 0 spiro atoms. The smallest absolute Gasteiger partial charge is 0.322 e. The van der Waals surface area contributed by atoms with E-state index in [2.05, 4.69) is 15.7 Å². The first-order chi connectivity index (χ1) is 12.5. The number of anilines is 1. The maximum atomic E-state index is 12.4. The van der Waals surface area contributed by atoms with Gasteiger partial charge in [0.1, 0.15) is 0 Å². The molecule has 8 heteroatoms. The molecule has 1 aliphatic rings. The minimum atomic E-state index is -0.0872. The summed E-state index contributed by atoms with van der Waals surface area (Å²) in [6.45, 7) is 6.43. The van der Waals surface area contributed by atoms with Gasteiger partial charge in [0.15, 0.2) is 0 Å². The Labute approximate surface area is 157 Å². The van der Waals surface area contributed by atoms with E-state index in [9.17, 15) is 9.59 Å². The highest BCUT2D eigenvalue weighted by Crippen LogP contribution is 2.20. The van der Waals surface area contributed by atoms with Crippen LogP contribution in [0.3, 0.4) is 0 Å². The van der Waals surface area contributed by atoms with Gasteiger partial charge in [-0.3, -0.25) is 14.8 Å². The summed E-state index contributed by atoms with van der Waals surface area (Å²) >= 11 is 1.50. The van der Waals surface area contributed by atoms with E-state index in [1.54, 1.807) is 4.90 Å². The van der Waals surface area contributed by atoms with E-state index in [0.717, 1.165) is 16.4 Å². The molecule has 0 unspecified atom stereocenters. The molecule has 3 rings (SSSR count). The SMILES string of the molecule is Cc1cc(C)n(CCNC(=O)C2CCN(C(=O)Nc3cccs3)CC2)n1. The number of hydrogen-bond donors (Lipinski definition) is 2. The van der Waals surface area contributed by atoms with E-state index < -0.39 is 0 Å². The number of likely N-dealkylation sites (tertiary alicyclic amines) is 1. The van der Waals surface area contributed by atoms with Gasteiger partial charge in [-0.05, 0) is 50.3 Å². The molecule has 0 radical (unpaired) electrons. The van der Waals surface area contributed by atoms with Crippen molar-refractivity contribution in [2.45, 2.75) is 33.2 Å². The van der Waals surface area contributed by atoms with Crippen LogP contribution in [0.4, 0.5) is 9.80 Å². The highest BCUT2D eigenvalue weighted by atomic mass is 32.1. The van der Waals surface area contributed by atoms with Crippen molar-refractivity contribution in [2.24, 2.45) is 5.92 Å². The van der Waals surface area contributed by atoms with E-state index in [1.807, 2.05) is 42.1 Å². The molecular weight excluding hydrogens is 350 g/mol. The zero-order valence-corrected chi connectivity index (χ0v) is 16.0. The van der Waals surface area contributed by atoms with Crippen molar-refractivity contribution in [2.75, 3.05) is 25.0 Å². The van der Waals surface area contributed by atoms with Crippen molar-refractivity contribution >= 4 is 28.3 Å². The van der Waals surface area contributed by atoms with Crippen LogP contribution in [0.15, 0.2) is 23.6 Å². The van der Waals surface area contributed by atoms with Crippen molar-refractivity contribution in [3.63, 3.8) is 0 Å². The monoisotopic (exact) mass is 375 g/mol. The quantitative estimate of drug-likeness (QED) is 0.843. The van der Waals surface area contributed by atoms with Gasteiger partial charge in [0.2, 0.25) is 5.91 Å². The van der Waals surface area contributed by atoms with Crippen molar-refractivity contribution in [3.05, 3.63) is 35.0 Å². The van der Waals surface area contributed by atoms with Gasteiger partial charge >= 0.3 is 6.03 Å². The summed E-state index contributed by atoms with van der Waals surface area (Å²) < 4.78 is 1.91. The first kappa shape index (κ1) is 18.4. The van der Waals surface area contributed by atoms with Crippen LogP contribution in [0.2, 0.25) is 0 Å². The summed E-state index contributed by atoms with van der Waals surface area (Å²) in [4.78, 5) is 26.3. The molecule has 0 aromatic carbocycles. The van der Waals surface area contributed by atoms with Gasteiger partial charge in [0.25, 0.3) is 0 Å². The van der Waals surface area contributed by atoms with Gasteiger partial charge < -0.3 is 10.2 Å². The van der Waals surface area contributed by atoms with Crippen LogP contribution in [0, 0.1) is 19.8 Å². The van der Waals surface area contributed by atoms with Crippen LogP contribution in [0.5, 0.6) is 0 Å². The van der Waals surface area contributed by atoms with Gasteiger partial charge in [-0.1, -0.05) is 0 Å². The topological polar surface area (TPSA) is 79.3 Å². The molecule has 3 heterocycles. The van der Waals surface area contributed by atoms with E-state index in [4.69, 9.17) is 0 Å². The fourth-order valence-corrected chi connectivity index (χ4v) is 3.82. The predicted molar refractivity (Wildman–Crippen MR) is 102 cm³/mol. The zero-order valence-electron chi connectivity index (χ0n) is 15.2. The molecular formula is C18H25N5O2S. The van der Waals surface area contributed by atoms with Gasteiger partial charge in [-0.15, -0.1) is 11.3 Å². The van der Waals surface area contributed by atoms with E-state index in [-0.39, 0.29) is 17.9 Å². The van der Waals surface area contributed by atoms with E-state index in [1.165, 1.54) is 11.3 Å². The Balaban J connectivity index is 1.39. The van der Waals surface area contributed by atoms with Crippen LogP contribution in [0.1, 0.15) is 24.2 Å². The molecule has 0 saturated carbocycles. The molecule has 3 amide bonds. The first-order valence-corrected chi connectivity index (χ1v) is 9.79. The van der Waals surface area contributed by atoms with Gasteiger partial charge in [-0.2, -0.15) is 5.10 Å². The Morgan fingerprint density at radius 3 is 2.69 bits per heavy atom. The zero-order chi connectivity index (χ0) is 18.5. The number of hydrogen-bond acceptors (Lipinski definition) is 4. The highest BCUT2D eigenvalue weighted by Gasteiger charge is 2.27. The predicted octanol–water partition coefficient (Wildman–Crippen LogP) is 2.62. The van der Waals surface area contributed by atoms with E-state index >= 15 is 0 Å². The van der Waals surface area contributed by atoms with Gasteiger partial charge in [-0.25, -0.2) is 4.79 Å². The summed E-state index contributed by atoms with van der Waals surface area (Å²) in [5.74, 6) is 0.0473. The Bertz CT molecular complexity index is 748. The molecule has 0 aliphatic carbocycles. The molecule has 1 saturated heterocycles. The first-order valence-electron chi connectivity index (χ1n) is 8.91. The standard InChI is InChI=1S/C18H25N5O2S/c1-13-12-14(2)23(21-13)10-7-19-17(24)15-5-8-22(9-6-15)18(25)20-16-4-3-11-26-16/h3-4,11-12,15H,5-10H2,1-2H3,(H,19,24)(H,20,25).